The number of carbonyl (C=O) groups is 1. The second kappa shape index (κ2) is 6.33. The highest BCUT2D eigenvalue weighted by molar-refractivity contribution is 5.78. The molecule has 0 radical (unpaired) electrons. The van der Waals surface area contributed by atoms with Gasteiger partial charge in [-0.3, -0.25) is 9.78 Å². The van der Waals surface area contributed by atoms with E-state index in [4.69, 9.17) is 0 Å². The van der Waals surface area contributed by atoms with Gasteiger partial charge in [-0.05, 0) is 23.6 Å². The van der Waals surface area contributed by atoms with Crippen molar-refractivity contribution in [3.63, 3.8) is 0 Å². The van der Waals surface area contributed by atoms with Crippen LogP contribution in [0.2, 0.25) is 0 Å². The van der Waals surface area contributed by atoms with Gasteiger partial charge in [-0.25, -0.2) is 0 Å². The average Bonchev–Trinajstić information content (AvgIpc) is 2.81. The molecule has 1 aromatic rings. The Morgan fingerprint density at radius 3 is 2.75 bits per heavy atom. The molecule has 20 heavy (non-hydrogen) atoms. The summed E-state index contributed by atoms with van der Waals surface area (Å²) in [6.07, 6.45) is 4.28. The second-order valence-corrected chi connectivity index (χ2v) is 5.75. The van der Waals surface area contributed by atoms with Crippen molar-refractivity contribution in [2.24, 2.45) is 5.92 Å². The third kappa shape index (κ3) is 3.35. The van der Waals surface area contributed by atoms with Crippen LogP contribution < -0.4 is 5.32 Å². The summed E-state index contributed by atoms with van der Waals surface area (Å²) in [5, 5.41) is 3.36. The molecule has 1 atom stereocenters. The van der Waals surface area contributed by atoms with Gasteiger partial charge < -0.3 is 15.1 Å². The zero-order valence-electron chi connectivity index (χ0n) is 11.8. The lowest BCUT2D eigenvalue weighted by Crippen LogP contribution is -2.45. The Labute approximate surface area is 120 Å². The first-order valence-electron chi connectivity index (χ1n) is 7.41. The maximum Gasteiger partial charge on any atom is 0.223 e. The number of rotatable bonds is 4. The van der Waals surface area contributed by atoms with Crippen LogP contribution in [-0.2, 0) is 11.3 Å². The monoisotopic (exact) mass is 274 g/mol. The number of amides is 1. The molecule has 1 N–H and O–H groups in total. The van der Waals surface area contributed by atoms with Crippen molar-refractivity contribution in [1.82, 2.24) is 20.1 Å². The smallest absolute Gasteiger partial charge is 0.223 e. The fourth-order valence-electron chi connectivity index (χ4n) is 3.10. The molecule has 5 nitrogen and oxygen atoms in total. The van der Waals surface area contributed by atoms with Crippen molar-refractivity contribution in [2.75, 3.05) is 39.3 Å². The minimum atomic E-state index is 0.293. The molecule has 1 unspecified atom stereocenters. The van der Waals surface area contributed by atoms with E-state index in [1.807, 2.05) is 17.0 Å². The number of carbonyl (C=O) groups excluding carboxylic acids is 1. The molecule has 2 aliphatic rings. The topological polar surface area (TPSA) is 48.5 Å². The van der Waals surface area contributed by atoms with Crippen LogP contribution in [0.5, 0.6) is 0 Å². The molecule has 0 aliphatic carbocycles. The predicted octanol–water partition coefficient (Wildman–Crippen LogP) is 0.335. The maximum absolute atomic E-state index is 12.1. The number of piperazine rings is 1. The molecule has 1 aromatic heterocycles. The molecule has 108 valence electrons. The van der Waals surface area contributed by atoms with Crippen LogP contribution in [-0.4, -0.2) is 60.0 Å². The largest absolute Gasteiger partial charge is 0.338 e. The first-order chi connectivity index (χ1) is 9.81. The van der Waals surface area contributed by atoms with Gasteiger partial charge in [-0.15, -0.1) is 0 Å². The Hall–Kier alpha value is -1.46. The van der Waals surface area contributed by atoms with E-state index >= 15 is 0 Å². The van der Waals surface area contributed by atoms with Crippen LogP contribution in [0.4, 0.5) is 0 Å². The third-order valence-electron chi connectivity index (χ3n) is 4.14. The van der Waals surface area contributed by atoms with Gasteiger partial charge >= 0.3 is 0 Å². The molecule has 0 saturated carbocycles. The van der Waals surface area contributed by atoms with Gasteiger partial charge in [-0.1, -0.05) is 0 Å². The minimum Gasteiger partial charge on any atom is -0.338 e. The number of aromatic nitrogens is 1. The molecule has 2 fully saturated rings. The quantitative estimate of drug-likeness (QED) is 0.860. The van der Waals surface area contributed by atoms with E-state index in [0.29, 0.717) is 18.2 Å². The van der Waals surface area contributed by atoms with Crippen molar-refractivity contribution in [1.29, 1.82) is 0 Å². The van der Waals surface area contributed by atoms with E-state index in [9.17, 15) is 4.79 Å². The molecule has 0 spiro atoms. The van der Waals surface area contributed by atoms with E-state index in [0.717, 1.165) is 51.4 Å². The van der Waals surface area contributed by atoms with Gasteiger partial charge in [0.1, 0.15) is 0 Å². The lowest BCUT2D eigenvalue weighted by Gasteiger charge is -2.29. The van der Waals surface area contributed by atoms with Crippen LogP contribution >= 0.6 is 0 Å². The highest BCUT2D eigenvalue weighted by atomic mass is 16.2. The fraction of sp³-hybridized carbons (Fsp3) is 0.600. The summed E-state index contributed by atoms with van der Waals surface area (Å²) in [6, 6.07) is 3.97. The molecule has 3 rings (SSSR count). The highest BCUT2D eigenvalue weighted by Crippen LogP contribution is 2.21. The Morgan fingerprint density at radius 1 is 1.25 bits per heavy atom. The molecule has 2 aliphatic heterocycles. The Bertz CT molecular complexity index is 444. The minimum absolute atomic E-state index is 0.293. The normalized spacial score (nSPS) is 24.3. The number of hydrogen-bond acceptors (Lipinski definition) is 4. The molecular weight excluding hydrogens is 252 g/mol. The molecule has 0 aromatic carbocycles. The first-order valence-corrected chi connectivity index (χ1v) is 7.41. The number of pyridine rings is 1. The lowest BCUT2D eigenvalue weighted by molar-refractivity contribution is -0.128. The zero-order valence-corrected chi connectivity index (χ0v) is 11.8. The van der Waals surface area contributed by atoms with Crippen molar-refractivity contribution in [2.45, 2.75) is 13.0 Å². The Morgan fingerprint density at radius 2 is 2.00 bits per heavy atom. The van der Waals surface area contributed by atoms with E-state index < -0.39 is 0 Å². The zero-order chi connectivity index (χ0) is 13.8. The lowest BCUT2D eigenvalue weighted by atomic mass is 10.1. The summed E-state index contributed by atoms with van der Waals surface area (Å²) < 4.78 is 0. The van der Waals surface area contributed by atoms with Gasteiger partial charge in [0, 0.05) is 64.6 Å². The van der Waals surface area contributed by atoms with E-state index in [1.165, 1.54) is 0 Å². The van der Waals surface area contributed by atoms with E-state index in [-0.39, 0.29) is 0 Å². The van der Waals surface area contributed by atoms with Crippen LogP contribution in [0.15, 0.2) is 24.5 Å². The Balaban J connectivity index is 1.52. The maximum atomic E-state index is 12.1. The van der Waals surface area contributed by atoms with Crippen molar-refractivity contribution in [3.8, 4) is 0 Å². The van der Waals surface area contributed by atoms with Gasteiger partial charge in [0.2, 0.25) is 5.91 Å². The van der Waals surface area contributed by atoms with Crippen LogP contribution in [0.25, 0.3) is 0 Å². The first kappa shape index (κ1) is 13.5. The van der Waals surface area contributed by atoms with Crippen molar-refractivity contribution >= 4 is 5.91 Å². The van der Waals surface area contributed by atoms with Gasteiger partial charge in [-0.2, -0.15) is 0 Å². The summed E-state index contributed by atoms with van der Waals surface area (Å²) >= 11 is 0. The summed E-state index contributed by atoms with van der Waals surface area (Å²) in [7, 11) is 0. The SMILES string of the molecule is O=C1CC(CN2CCNCC2)CN1Cc1ccncc1. The van der Waals surface area contributed by atoms with Gasteiger partial charge in [0.05, 0.1) is 0 Å². The van der Waals surface area contributed by atoms with Crippen LogP contribution in [0.3, 0.4) is 0 Å². The molecule has 5 heteroatoms. The molecule has 1 amide bonds. The van der Waals surface area contributed by atoms with Gasteiger partial charge in [0.25, 0.3) is 0 Å². The number of nitrogens with zero attached hydrogens (tertiary/aromatic N) is 3. The van der Waals surface area contributed by atoms with E-state index in [1.54, 1.807) is 12.4 Å². The molecular formula is C15H22N4O. The van der Waals surface area contributed by atoms with Crippen LogP contribution in [0, 0.1) is 5.92 Å². The van der Waals surface area contributed by atoms with Crippen molar-refractivity contribution in [3.05, 3.63) is 30.1 Å². The summed E-state index contributed by atoms with van der Waals surface area (Å²) in [4.78, 5) is 20.6. The number of likely N-dealkylation sites (tertiary alicyclic amines) is 1. The van der Waals surface area contributed by atoms with Gasteiger partial charge in [0.15, 0.2) is 0 Å². The number of nitrogens with one attached hydrogen (secondary N) is 1. The molecule has 2 saturated heterocycles. The van der Waals surface area contributed by atoms with Crippen LogP contribution in [0.1, 0.15) is 12.0 Å². The summed E-state index contributed by atoms with van der Waals surface area (Å²) in [5.41, 5.74) is 1.16. The van der Waals surface area contributed by atoms with E-state index in [2.05, 4.69) is 15.2 Å². The molecule has 3 heterocycles. The average molecular weight is 274 g/mol. The highest BCUT2D eigenvalue weighted by Gasteiger charge is 2.30. The summed E-state index contributed by atoms with van der Waals surface area (Å²) in [5.74, 6) is 0.782. The number of hydrogen-bond donors (Lipinski definition) is 1. The standard InChI is InChI=1S/C15H22N4O/c20-15-9-14(10-18-7-5-17-6-8-18)12-19(15)11-13-1-3-16-4-2-13/h1-4,14,17H,5-12H2. The fourth-order valence-corrected chi connectivity index (χ4v) is 3.10. The third-order valence-corrected chi connectivity index (χ3v) is 4.14. The second-order valence-electron chi connectivity index (χ2n) is 5.75. The molecule has 0 bridgehead atoms. The Kier molecular flexibility index (Phi) is 4.28. The summed E-state index contributed by atoms with van der Waals surface area (Å²) in [6.45, 7) is 7.03. The predicted molar refractivity (Wildman–Crippen MR) is 77.1 cm³/mol. The van der Waals surface area contributed by atoms with Crippen molar-refractivity contribution < 1.29 is 4.79 Å².